The Morgan fingerprint density at radius 3 is 2.53 bits per heavy atom. The molecule has 0 spiro atoms. The van der Waals surface area contributed by atoms with Crippen LogP contribution in [0.2, 0.25) is 0 Å². The van der Waals surface area contributed by atoms with E-state index in [1.54, 1.807) is 0 Å². The number of rotatable bonds is 3. The molecule has 8 nitrogen and oxygen atoms in total. The molecule has 0 aromatic carbocycles. The largest absolute Gasteiger partial charge is 0.366 e. The number of aromatic nitrogens is 3. The van der Waals surface area contributed by atoms with Crippen molar-refractivity contribution in [3.8, 4) is 0 Å². The van der Waals surface area contributed by atoms with Crippen LogP contribution in [0.1, 0.15) is 24.5 Å². The van der Waals surface area contributed by atoms with Gasteiger partial charge in [-0.3, -0.25) is 9.89 Å². The molecular formula is C6H11N5O3S. The van der Waals surface area contributed by atoms with Crippen molar-refractivity contribution >= 4 is 21.9 Å². The van der Waals surface area contributed by atoms with Gasteiger partial charge in [0.05, 0.1) is 5.25 Å². The number of nitrogens with one attached hydrogen (secondary N) is 2. The third-order valence-corrected chi connectivity index (χ3v) is 3.28. The molecule has 0 aliphatic rings. The molecule has 0 aliphatic carbocycles. The normalized spacial score (nSPS) is 11.7. The van der Waals surface area contributed by atoms with Crippen molar-refractivity contribution in [1.82, 2.24) is 19.9 Å². The van der Waals surface area contributed by atoms with Crippen LogP contribution in [-0.2, 0) is 10.0 Å². The highest BCUT2D eigenvalue weighted by Gasteiger charge is 2.21. The Morgan fingerprint density at radius 1 is 1.53 bits per heavy atom. The van der Waals surface area contributed by atoms with E-state index in [2.05, 4.69) is 15.2 Å². The van der Waals surface area contributed by atoms with Crippen molar-refractivity contribution in [2.24, 2.45) is 0 Å². The Morgan fingerprint density at radius 2 is 2.13 bits per heavy atom. The predicted molar refractivity (Wildman–Crippen MR) is 52.3 cm³/mol. The second-order valence-electron chi connectivity index (χ2n) is 3.07. The molecule has 15 heavy (non-hydrogen) atoms. The highest BCUT2D eigenvalue weighted by atomic mass is 32.2. The molecule has 1 aromatic rings. The maximum absolute atomic E-state index is 11.3. The van der Waals surface area contributed by atoms with Crippen molar-refractivity contribution in [2.75, 3.05) is 5.73 Å². The first kappa shape index (κ1) is 11.4. The van der Waals surface area contributed by atoms with Crippen molar-refractivity contribution in [3.05, 3.63) is 5.82 Å². The van der Waals surface area contributed by atoms with Gasteiger partial charge in [-0.05, 0) is 13.8 Å². The molecule has 0 radical (unpaired) electrons. The van der Waals surface area contributed by atoms with E-state index in [9.17, 15) is 13.2 Å². The van der Waals surface area contributed by atoms with E-state index in [1.807, 2.05) is 4.72 Å². The molecule has 9 heteroatoms. The van der Waals surface area contributed by atoms with E-state index < -0.39 is 21.2 Å². The first-order valence-electron chi connectivity index (χ1n) is 4.07. The minimum atomic E-state index is -3.66. The highest BCUT2D eigenvalue weighted by Crippen LogP contribution is 1.99. The van der Waals surface area contributed by atoms with E-state index in [4.69, 9.17) is 5.73 Å². The standard InChI is InChI=1S/C6H11N5O3S/c1-3(2)15(13,14)11-5(12)4-8-6(7)10-9-4/h3H,1-2H3,(H,11,12)(H3,7,8,9,10). The van der Waals surface area contributed by atoms with Gasteiger partial charge in [-0.25, -0.2) is 13.1 Å². The molecule has 84 valence electrons. The Bertz CT molecular complexity index is 463. The first-order valence-corrected chi connectivity index (χ1v) is 5.61. The number of H-pyrrole nitrogens is 1. The number of nitrogens with zero attached hydrogens (tertiary/aromatic N) is 2. The molecule has 0 saturated heterocycles. The third-order valence-electron chi connectivity index (χ3n) is 1.57. The van der Waals surface area contributed by atoms with Crippen LogP contribution in [0.5, 0.6) is 0 Å². The monoisotopic (exact) mass is 233 g/mol. The second kappa shape index (κ2) is 3.85. The summed E-state index contributed by atoms with van der Waals surface area (Å²) in [5.41, 5.74) is 5.16. The summed E-state index contributed by atoms with van der Waals surface area (Å²) in [6, 6.07) is 0. The minimum Gasteiger partial charge on any atom is -0.366 e. The molecule has 0 saturated carbocycles. The molecule has 1 heterocycles. The Kier molecular flexibility index (Phi) is 2.93. The lowest BCUT2D eigenvalue weighted by molar-refractivity contribution is 0.0971. The van der Waals surface area contributed by atoms with Gasteiger partial charge in [0.15, 0.2) is 0 Å². The minimum absolute atomic E-state index is 0.123. The molecule has 1 aromatic heterocycles. The fraction of sp³-hybridized carbons (Fsp3) is 0.500. The zero-order valence-corrected chi connectivity index (χ0v) is 9.00. The number of nitrogens with two attached hydrogens (primary N) is 1. The summed E-state index contributed by atoms with van der Waals surface area (Å²) >= 11 is 0. The summed E-state index contributed by atoms with van der Waals surface area (Å²) in [5.74, 6) is -1.24. The lowest BCUT2D eigenvalue weighted by Gasteiger charge is -2.07. The molecule has 0 fully saturated rings. The fourth-order valence-electron chi connectivity index (χ4n) is 0.672. The van der Waals surface area contributed by atoms with Crippen LogP contribution < -0.4 is 10.5 Å². The summed E-state index contributed by atoms with van der Waals surface area (Å²) in [6.45, 7) is 2.90. The zero-order valence-electron chi connectivity index (χ0n) is 8.18. The summed E-state index contributed by atoms with van der Waals surface area (Å²) in [6.07, 6.45) is 0. The second-order valence-corrected chi connectivity index (χ2v) is 5.30. The smallest absolute Gasteiger partial charge is 0.302 e. The van der Waals surface area contributed by atoms with E-state index in [-0.39, 0.29) is 11.8 Å². The number of hydrogen-bond donors (Lipinski definition) is 3. The van der Waals surface area contributed by atoms with Gasteiger partial charge in [-0.1, -0.05) is 0 Å². The molecule has 0 aliphatic heterocycles. The lowest BCUT2D eigenvalue weighted by Crippen LogP contribution is -2.36. The topological polar surface area (TPSA) is 131 Å². The highest BCUT2D eigenvalue weighted by molar-refractivity contribution is 7.90. The van der Waals surface area contributed by atoms with Crippen LogP contribution >= 0.6 is 0 Å². The van der Waals surface area contributed by atoms with Gasteiger partial charge >= 0.3 is 5.91 Å². The van der Waals surface area contributed by atoms with Gasteiger partial charge in [0, 0.05) is 0 Å². The Balaban J connectivity index is 2.81. The molecule has 1 amide bonds. The summed E-state index contributed by atoms with van der Waals surface area (Å²) in [4.78, 5) is 14.8. The number of amides is 1. The molecule has 1 rings (SSSR count). The van der Waals surface area contributed by atoms with Gasteiger partial charge in [0.25, 0.3) is 0 Å². The van der Waals surface area contributed by atoms with Gasteiger partial charge in [-0.2, -0.15) is 4.98 Å². The predicted octanol–water partition coefficient (Wildman–Crippen LogP) is -1.15. The molecule has 4 N–H and O–H groups in total. The van der Waals surface area contributed by atoms with Crippen molar-refractivity contribution in [2.45, 2.75) is 19.1 Å². The maximum Gasteiger partial charge on any atom is 0.302 e. The number of anilines is 1. The summed E-state index contributed by atoms with van der Waals surface area (Å²) in [5, 5.41) is 4.90. The summed E-state index contributed by atoms with van der Waals surface area (Å²) in [7, 11) is -3.66. The summed E-state index contributed by atoms with van der Waals surface area (Å²) < 4.78 is 24.4. The number of sulfonamides is 1. The number of nitrogen functional groups attached to an aromatic ring is 1. The number of aromatic amines is 1. The van der Waals surface area contributed by atoms with Gasteiger partial charge in [0.2, 0.25) is 21.8 Å². The SMILES string of the molecule is CC(C)S(=O)(=O)NC(=O)c1nc(N)n[nH]1. The van der Waals surface area contributed by atoms with Gasteiger partial charge < -0.3 is 5.73 Å². The van der Waals surface area contributed by atoms with Crippen LogP contribution in [0.25, 0.3) is 0 Å². The van der Waals surface area contributed by atoms with E-state index in [0.29, 0.717) is 0 Å². The van der Waals surface area contributed by atoms with E-state index >= 15 is 0 Å². The Hall–Kier alpha value is -1.64. The Labute approximate surface area is 86.3 Å². The van der Waals surface area contributed by atoms with Gasteiger partial charge in [0.1, 0.15) is 0 Å². The number of hydrogen-bond acceptors (Lipinski definition) is 6. The molecule has 0 atom stereocenters. The van der Waals surface area contributed by atoms with Crippen LogP contribution in [0.4, 0.5) is 5.95 Å². The first-order chi connectivity index (χ1) is 6.83. The zero-order chi connectivity index (χ0) is 11.6. The molecular weight excluding hydrogens is 222 g/mol. The lowest BCUT2D eigenvalue weighted by atomic mass is 10.6. The van der Waals surface area contributed by atoms with Crippen LogP contribution in [0.3, 0.4) is 0 Å². The van der Waals surface area contributed by atoms with Crippen LogP contribution in [0, 0.1) is 0 Å². The fourth-order valence-corrected chi connectivity index (χ4v) is 1.26. The van der Waals surface area contributed by atoms with Gasteiger partial charge in [-0.15, -0.1) is 5.10 Å². The van der Waals surface area contributed by atoms with Crippen LogP contribution in [0.15, 0.2) is 0 Å². The quantitative estimate of drug-likeness (QED) is 0.604. The average Bonchev–Trinajstić information content (AvgIpc) is 2.50. The molecule has 0 unspecified atom stereocenters. The molecule has 0 bridgehead atoms. The van der Waals surface area contributed by atoms with Crippen molar-refractivity contribution < 1.29 is 13.2 Å². The number of carbonyl (C=O) groups is 1. The van der Waals surface area contributed by atoms with E-state index in [0.717, 1.165) is 0 Å². The maximum atomic E-state index is 11.3. The van der Waals surface area contributed by atoms with Crippen molar-refractivity contribution in [3.63, 3.8) is 0 Å². The van der Waals surface area contributed by atoms with Crippen molar-refractivity contribution in [1.29, 1.82) is 0 Å². The average molecular weight is 233 g/mol. The number of carbonyl (C=O) groups excluding carboxylic acids is 1. The van der Waals surface area contributed by atoms with Crippen LogP contribution in [-0.4, -0.2) is 34.8 Å². The van der Waals surface area contributed by atoms with E-state index in [1.165, 1.54) is 13.8 Å². The third kappa shape index (κ3) is 2.65.